The van der Waals surface area contributed by atoms with Gasteiger partial charge in [-0.1, -0.05) is 49.6 Å². The number of amides is 1. The number of carbonyl (C=O) groups is 2. The molecule has 11 heteroatoms. The molecule has 244 valence electrons. The second kappa shape index (κ2) is 12.3. The molecular formula is C35H44N6O5. The van der Waals surface area contributed by atoms with Crippen LogP contribution in [0.4, 0.5) is 10.5 Å². The predicted molar refractivity (Wildman–Crippen MR) is 174 cm³/mol. The molecule has 0 spiro atoms. The van der Waals surface area contributed by atoms with Gasteiger partial charge >= 0.3 is 6.09 Å². The van der Waals surface area contributed by atoms with Crippen LogP contribution in [0.2, 0.25) is 0 Å². The summed E-state index contributed by atoms with van der Waals surface area (Å²) in [7, 11) is 0. The second-order valence-electron chi connectivity index (χ2n) is 14.3. The van der Waals surface area contributed by atoms with E-state index in [4.69, 9.17) is 24.8 Å². The minimum atomic E-state index is -1.23. The summed E-state index contributed by atoms with van der Waals surface area (Å²) in [4.78, 5) is 29.6. The SMILES string of the molecule is CC(C)(C)OC(=O)n1nc(CC2C(=O)N(CC(O)OC(C)(C)C)c3ccccc3-n3c(C4CCCCC4)nnc32)c2ccccc21. The van der Waals surface area contributed by atoms with Crippen molar-refractivity contribution in [3.05, 3.63) is 65.9 Å². The molecule has 1 aliphatic carbocycles. The number of nitrogens with zero attached hydrogens (tertiary/aromatic N) is 6. The highest BCUT2D eigenvalue weighted by Crippen LogP contribution is 2.41. The molecule has 1 aliphatic heterocycles. The van der Waals surface area contributed by atoms with E-state index in [2.05, 4.69) is 4.57 Å². The molecule has 0 radical (unpaired) electrons. The number of hydrogen-bond acceptors (Lipinski definition) is 8. The van der Waals surface area contributed by atoms with Crippen molar-refractivity contribution in [3.8, 4) is 5.69 Å². The van der Waals surface area contributed by atoms with E-state index in [9.17, 15) is 14.7 Å². The first-order chi connectivity index (χ1) is 21.8. The number of aliphatic hydroxyl groups is 1. The summed E-state index contributed by atoms with van der Waals surface area (Å²) < 4.78 is 14.8. The number of fused-ring (bicyclic) bond motifs is 4. The number of anilines is 1. The Hall–Kier alpha value is -4.09. The summed E-state index contributed by atoms with van der Waals surface area (Å²) in [6.07, 6.45) is 3.77. The van der Waals surface area contributed by atoms with E-state index in [1.54, 1.807) is 4.90 Å². The molecule has 3 heterocycles. The van der Waals surface area contributed by atoms with Crippen molar-refractivity contribution in [2.45, 2.75) is 109 Å². The zero-order valence-corrected chi connectivity index (χ0v) is 27.6. The third kappa shape index (κ3) is 6.43. The van der Waals surface area contributed by atoms with Crippen molar-refractivity contribution in [1.82, 2.24) is 24.5 Å². The highest BCUT2D eigenvalue weighted by atomic mass is 16.6. The molecule has 11 nitrogen and oxygen atoms in total. The number of carbonyl (C=O) groups excluding carboxylic acids is 2. The minimum Gasteiger partial charge on any atom is -0.442 e. The van der Waals surface area contributed by atoms with Crippen LogP contribution in [-0.4, -0.2) is 65.7 Å². The number of hydrogen-bond donors (Lipinski definition) is 1. The molecule has 2 atom stereocenters. The highest BCUT2D eigenvalue weighted by Gasteiger charge is 2.40. The normalized spacial score (nSPS) is 18.3. The van der Waals surface area contributed by atoms with Gasteiger partial charge < -0.3 is 19.5 Å². The average Bonchev–Trinajstić information content (AvgIpc) is 3.57. The van der Waals surface area contributed by atoms with Gasteiger partial charge in [0.05, 0.1) is 34.7 Å². The molecule has 1 fully saturated rings. The Morgan fingerprint density at radius 1 is 0.913 bits per heavy atom. The van der Waals surface area contributed by atoms with Crippen LogP contribution in [0.5, 0.6) is 0 Å². The largest absolute Gasteiger partial charge is 0.442 e. The Bertz CT molecular complexity index is 1740. The molecule has 2 unspecified atom stereocenters. The predicted octanol–water partition coefficient (Wildman–Crippen LogP) is 6.25. The van der Waals surface area contributed by atoms with Crippen molar-refractivity contribution in [3.63, 3.8) is 0 Å². The van der Waals surface area contributed by atoms with Gasteiger partial charge in [-0.15, -0.1) is 10.2 Å². The summed E-state index contributed by atoms with van der Waals surface area (Å²) in [6, 6.07) is 15.1. The average molecular weight is 629 g/mol. The third-order valence-corrected chi connectivity index (χ3v) is 8.43. The summed E-state index contributed by atoms with van der Waals surface area (Å²) in [6.45, 7) is 10.9. The van der Waals surface area contributed by atoms with E-state index in [0.717, 1.165) is 42.6 Å². The number of ether oxygens (including phenoxy) is 2. The zero-order chi connectivity index (χ0) is 32.8. The first kappa shape index (κ1) is 31.9. The van der Waals surface area contributed by atoms with E-state index in [1.807, 2.05) is 90.1 Å². The van der Waals surface area contributed by atoms with Gasteiger partial charge in [0.15, 0.2) is 12.1 Å². The number of benzene rings is 2. The molecule has 2 aromatic heterocycles. The lowest BCUT2D eigenvalue weighted by molar-refractivity contribution is -0.161. The molecule has 1 N–H and O–H groups in total. The Morgan fingerprint density at radius 2 is 1.57 bits per heavy atom. The van der Waals surface area contributed by atoms with Crippen LogP contribution in [0.15, 0.2) is 48.5 Å². The van der Waals surface area contributed by atoms with E-state index >= 15 is 0 Å². The monoisotopic (exact) mass is 628 g/mol. The maximum absolute atomic E-state index is 14.8. The number of para-hydroxylation sites is 3. The smallest absolute Gasteiger partial charge is 0.435 e. The third-order valence-electron chi connectivity index (χ3n) is 8.43. The van der Waals surface area contributed by atoms with E-state index < -0.39 is 29.5 Å². The van der Waals surface area contributed by atoms with Crippen molar-refractivity contribution in [2.24, 2.45) is 0 Å². The Morgan fingerprint density at radius 3 is 2.26 bits per heavy atom. The van der Waals surface area contributed by atoms with Gasteiger partial charge in [-0.05, 0) is 72.6 Å². The van der Waals surface area contributed by atoms with Crippen molar-refractivity contribution in [1.29, 1.82) is 0 Å². The standard InChI is InChI=1S/C35H44N6O5/c1-34(2,3)45-29(42)21-39-27-18-12-13-19-28(27)40-30(22-14-8-7-9-15-22)36-37-31(40)24(32(39)43)20-25-23-16-10-11-17-26(23)41(38-25)33(44)46-35(4,5)6/h10-13,16-19,22,24,29,42H,7-9,14-15,20-21H2,1-6H3. The highest BCUT2D eigenvalue weighted by molar-refractivity contribution is 6.01. The lowest BCUT2D eigenvalue weighted by Gasteiger charge is -2.30. The number of aromatic nitrogens is 5. The molecular weight excluding hydrogens is 584 g/mol. The summed E-state index contributed by atoms with van der Waals surface area (Å²) >= 11 is 0. The Balaban J connectivity index is 1.48. The van der Waals surface area contributed by atoms with Crippen LogP contribution in [0, 0.1) is 0 Å². The van der Waals surface area contributed by atoms with Gasteiger partial charge in [-0.2, -0.15) is 9.78 Å². The lowest BCUT2D eigenvalue weighted by atomic mass is 9.88. The van der Waals surface area contributed by atoms with Gasteiger partial charge in [0.1, 0.15) is 17.3 Å². The number of aliphatic hydroxyl groups excluding tert-OH is 1. The molecule has 4 aromatic rings. The Labute approximate surface area is 269 Å². The Kier molecular flexibility index (Phi) is 8.49. The fourth-order valence-electron chi connectivity index (χ4n) is 6.59. The van der Waals surface area contributed by atoms with Crippen molar-refractivity contribution >= 4 is 28.6 Å². The molecule has 6 rings (SSSR count). The van der Waals surface area contributed by atoms with Crippen molar-refractivity contribution in [2.75, 3.05) is 11.4 Å². The molecule has 1 amide bonds. The lowest BCUT2D eigenvalue weighted by Crippen LogP contribution is -2.43. The maximum Gasteiger partial charge on any atom is 0.435 e. The van der Waals surface area contributed by atoms with Gasteiger partial charge in [0.25, 0.3) is 0 Å². The molecule has 0 bridgehead atoms. The van der Waals surface area contributed by atoms with Gasteiger partial charge in [-0.3, -0.25) is 9.36 Å². The van der Waals surface area contributed by atoms with E-state index in [-0.39, 0.29) is 24.8 Å². The fraction of sp³-hybridized carbons (Fsp3) is 0.514. The zero-order valence-electron chi connectivity index (χ0n) is 27.6. The first-order valence-corrected chi connectivity index (χ1v) is 16.2. The molecule has 2 aliphatic rings. The summed E-state index contributed by atoms with van der Waals surface area (Å²) in [5.74, 6) is 0.498. The van der Waals surface area contributed by atoms with Crippen molar-refractivity contribution < 1.29 is 24.2 Å². The molecule has 0 saturated heterocycles. The number of β-amino-alcohol motifs (C(OH)–C–C–N with tert-alkyl or cyclic N) is 1. The van der Waals surface area contributed by atoms with Gasteiger partial charge in [0, 0.05) is 17.7 Å². The van der Waals surface area contributed by atoms with E-state index in [0.29, 0.717) is 22.7 Å². The maximum atomic E-state index is 14.8. The van der Waals surface area contributed by atoms with Crippen LogP contribution in [0.1, 0.15) is 103 Å². The van der Waals surface area contributed by atoms with E-state index in [1.165, 1.54) is 11.1 Å². The van der Waals surface area contributed by atoms with Gasteiger partial charge in [0.2, 0.25) is 5.91 Å². The minimum absolute atomic E-state index is 0.0757. The number of rotatable bonds is 6. The molecule has 46 heavy (non-hydrogen) atoms. The van der Waals surface area contributed by atoms with Gasteiger partial charge in [-0.25, -0.2) is 4.79 Å². The fourth-order valence-corrected chi connectivity index (χ4v) is 6.59. The summed E-state index contributed by atoms with van der Waals surface area (Å²) in [5, 5.41) is 26.0. The van der Waals surface area contributed by atoms with Crippen LogP contribution in [0.25, 0.3) is 16.6 Å². The van der Waals surface area contributed by atoms with Crippen LogP contribution in [-0.2, 0) is 20.7 Å². The second-order valence-corrected chi connectivity index (χ2v) is 14.3. The summed E-state index contributed by atoms with van der Waals surface area (Å²) in [5.41, 5.74) is 1.25. The molecule has 1 saturated carbocycles. The topological polar surface area (TPSA) is 125 Å². The van der Waals surface area contributed by atoms with Crippen LogP contribution < -0.4 is 4.90 Å². The quantitative estimate of drug-likeness (QED) is 0.248. The van der Waals surface area contributed by atoms with Crippen LogP contribution in [0.3, 0.4) is 0 Å². The van der Waals surface area contributed by atoms with Crippen LogP contribution >= 0.6 is 0 Å². The molecule has 2 aromatic carbocycles. The first-order valence-electron chi connectivity index (χ1n) is 16.2.